The largest absolute Gasteiger partial charge is 0.409 e. The number of nitrogens with zero attached hydrogens (tertiary/aromatic N) is 1. The number of amidine groups is 1. The van der Waals surface area contributed by atoms with Crippen LogP contribution in [0.1, 0.15) is 39.5 Å². The molecule has 88 valence electrons. The zero-order valence-corrected chi connectivity index (χ0v) is 9.74. The lowest BCUT2D eigenvalue weighted by Crippen LogP contribution is -2.41. The van der Waals surface area contributed by atoms with Gasteiger partial charge in [0, 0.05) is 18.5 Å². The first-order valence-corrected chi connectivity index (χ1v) is 5.86. The molecule has 0 heterocycles. The van der Waals surface area contributed by atoms with Gasteiger partial charge >= 0.3 is 0 Å². The Morgan fingerprint density at radius 1 is 1.53 bits per heavy atom. The standard InChI is InChI=1S/C11H23N3O/c1-8-5-3-4-6-10(8)13-7-9(2)11(12)14-15/h8-10,13,15H,3-7H2,1-2H3,(H2,12,14). The number of nitrogens with two attached hydrogens (primary N) is 1. The fraction of sp³-hybridized carbons (Fsp3) is 0.909. The van der Waals surface area contributed by atoms with Crippen LogP contribution in [0, 0.1) is 11.8 Å². The maximum absolute atomic E-state index is 8.53. The molecule has 3 atom stereocenters. The second kappa shape index (κ2) is 5.95. The van der Waals surface area contributed by atoms with Crippen molar-refractivity contribution in [2.24, 2.45) is 22.7 Å². The molecule has 15 heavy (non-hydrogen) atoms. The Balaban J connectivity index is 2.29. The Bertz CT molecular complexity index is 218. The van der Waals surface area contributed by atoms with Crippen molar-refractivity contribution >= 4 is 5.84 Å². The molecule has 0 spiro atoms. The first-order chi connectivity index (χ1) is 7.15. The first kappa shape index (κ1) is 12.3. The van der Waals surface area contributed by atoms with Crippen LogP contribution in [0.4, 0.5) is 0 Å². The summed E-state index contributed by atoms with van der Waals surface area (Å²) in [4.78, 5) is 0. The molecule has 4 nitrogen and oxygen atoms in total. The van der Waals surface area contributed by atoms with Gasteiger partial charge in [0.1, 0.15) is 5.84 Å². The van der Waals surface area contributed by atoms with Crippen LogP contribution >= 0.6 is 0 Å². The van der Waals surface area contributed by atoms with E-state index in [-0.39, 0.29) is 5.92 Å². The molecule has 0 amide bonds. The average molecular weight is 213 g/mol. The molecule has 0 saturated heterocycles. The maximum atomic E-state index is 8.53. The molecular formula is C11H23N3O. The molecule has 1 aliphatic rings. The molecule has 0 bridgehead atoms. The predicted octanol–water partition coefficient (Wildman–Crippen LogP) is 1.54. The van der Waals surface area contributed by atoms with Gasteiger partial charge in [-0.2, -0.15) is 0 Å². The molecule has 4 N–H and O–H groups in total. The maximum Gasteiger partial charge on any atom is 0.143 e. The average Bonchev–Trinajstić information content (AvgIpc) is 2.26. The van der Waals surface area contributed by atoms with Gasteiger partial charge in [0.25, 0.3) is 0 Å². The van der Waals surface area contributed by atoms with Crippen molar-refractivity contribution < 1.29 is 5.21 Å². The van der Waals surface area contributed by atoms with Crippen molar-refractivity contribution in [2.45, 2.75) is 45.6 Å². The van der Waals surface area contributed by atoms with Crippen LogP contribution in [-0.4, -0.2) is 23.6 Å². The number of nitrogens with one attached hydrogen (secondary N) is 1. The normalized spacial score (nSPS) is 30.1. The summed E-state index contributed by atoms with van der Waals surface area (Å²) in [6.07, 6.45) is 5.24. The zero-order valence-electron chi connectivity index (χ0n) is 9.74. The molecule has 0 aromatic rings. The van der Waals surface area contributed by atoms with Crippen LogP contribution in [0.2, 0.25) is 0 Å². The minimum atomic E-state index is 0.101. The number of hydrogen-bond acceptors (Lipinski definition) is 3. The van der Waals surface area contributed by atoms with Gasteiger partial charge in [0.15, 0.2) is 0 Å². The van der Waals surface area contributed by atoms with E-state index in [9.17, 15) is 0 Å². The van der Waals surface area contributed by atoms with Gasteiger partial charge < -0.3 is 16.3 Å². The van der Waals surface area contributed by atoms with E-state index >= 15 is 0 Å². The van der Waals surface area contributed by atoms with Gasteiger partial charge in [-0.15, -0.1) is 0 Å². The van der Waals surface area contributed by atoms with Crippen LogP contribution in [0.15, 0.2) is 5.16 Å². The van der Waals surface area contributed by atoms with Crippen LogP contribution in [0.25, 0.3) is 0 Å². The lowest BCUT2D eigenvalue weighted by atomic mass is 9.86. The Hall–Kier alpha value is -0.770. The fourth-order valence-corrected chi connectivity index (χ4v) is 2.15. The smallest absolute Gasteiger partial charge is 0.143 e. The SMILES string of the molecule is CC(CNC1CCCCC1C)C(N)=NO. The molecule has 3 unspecified atom stereocenters. The van der Waals surface area contributed by atoms with Gasteiger partial charge in [-0.1, -0.05) is 31.8 Å². The quantitative estimate of drug-likeness (QED) is 0.287. The number of rotatable bonds is 4. The third-order valence-corrected chi connectivity index (χ3v) is 3.42. The molecule has 0 aliphatic heterocycles. The molecule has 1 fully saturated rings. The highest BCUT2D eigenvalue weighted by molar-refractivity contribution is 5.82. The van der Waals surface area contributed by atoms with Crippen molar-refractivity contribution in [1.82, 2.24) is 5.32 Å². The van der Waals surface area contributed by atoms with Crippen molar-refractivity contribution in [3.63, 3.8) is 0 Å². The van der Waals surface area contributed by atoms with Crippen LogP contribution in [-0.2, 0) is 0 Å². The van der Waals surface area contributed by atoms with Crippen molar-refractivity contribution in [3.05, 3.63) is 0 Å². The van der Waals surface area contributed by atoms with E-state index in [1.165, 1.54) is 25.7 Å². The third-order valence-electron chi connectivity index (χ3n) is 3.42. The van der Waals surface area contributed by atoms with E-state index in [2.05, 4.69) is 17.4 Å². The highest BCUT2D eigenvalue weighted by Gasteiger charge is 2.21. The Morgan fingerprint density at radius 2 is 2.20 bits per heavy atom. The highest BCUT2D eigenvalue weighted by atomic mass is 16.4. The summed E-state index contributed by atoms with van der Waals surface area (Å²) in [6, 6.07) is 0.604. The summed E-state index contributed by atoms with van der Waals surface area (Å²) >= 11 is 0. The van der Waals surface area contributed by atoms with Gasteiger partial charge in [-0.25, -0.2) is 0 Å². The number of hydrogen-bond donors (Lipinski definition) is 3. The van der Waals surface area contributed by atoms with E-state index in [4.69, 9.17) is 10.9 Å². The van der Waals surface area contributed by atoms with E-state index in [1.807, 2.05) is 6.92 Å². The van der Waals surface area contributed by atoms with E-state index in [0.717, 1.165) is 12.5 Å². The Kier molecular flexibility index (Phi) is 4.88. The summed E-state index contributed by atoms with van der Waals surface area (Å²) in [5.74, 6) is 1.16. The Morgan fingerprint density at radius 3 is 2.80 bits per heavy atom. The molecule has 1 saturated carbocycles. The monoisotopic (exact) mass is 213 g/mol. The summed E-state index contributed by atoms with van der Waals surface area (Å²) in [7, 11) is 0. The zero-order chi connectivity index (χ0) is 11.3. The lowest BCUT2D eigenvalue weighted by molar-refractivity contribution is 0.275. The molecular weight excluding hydrogens is 190 g/mol. The molecule has 0 radical (unpaired) electrons. The molecule has 0 aromatic heterocycles. The fourth-order valence-electron chi connectivity index (χ4n) is 2.15. The van der Waals surface area contributed by atoms with Gasteiger partial charge in [-0.3, -0.25) is 0 Å². The molecule has 1 rings (SSSR count). The van der Waals surface area contributed by atoms with E-state index in [1.54, 1.807) is 0 Å². The lowest BCUT2D eigenvalue weighted by Gasteiger charge is -2.30. The third kappa shape index (κ3) is 3.70. The predicted molar refractivity (Wildman–Crippen MR) is 62.0 cm³/mol. The van der Waals surface area contributed by atoms with Crippen molar-refractivity contribution in [2.75, 3.05) is 6.54 Å². The van der Waals surface area contributed by atoms with Crippen LogP contribution in [0.3, 0.4) is 0 Å². The minimum absolute atomic E-state index is 0.101. The minimum Gasteiger partial charge on any atom is -0.409 e. The highest BCUT2D eigenvalue weighted by Crippen LogP contribution is 2.23. The molecule has 4 heteroatoms. The van der Waals surface area contributed by atoms with Gasteiger partial charge in [0.2, 0.25) is 0 Å². The van der Waals surface area contributed by atoms with Crippen LogP contribution in [0.5, 0.6) is 0 Å². The van der Waals surface area contributed by atoms with Crippen LogP contribution < -0.4 is 11.1 Å². The Labute approximate surface area is 91.9 Å². The number of oxime groups is 1. The topological polar surface area (TPSA) is 70.6 Å². The van der Waals surface area contributed by atoms with E-state index < -0.39 is 0 Å². The van der Waals surface area contributed by atoms with Crippen molar-refractivity contribution in [3.8, 4) is 0 Å². The second-order valence-electron chi connectivity index (χ2n) is 4.70. The van der Waals surface area contributed by atoms with E-state index in [0.29, 0.717) is 11.9 Å². The van der Waals surface area contributed by atoms with Gasteiger partial charge in [0.05, 0.1) is 0 Å². The first-order valence-electron chi connectivity index (χ1n) is 5.86. The second-order valence-corrected chi connectivity index (χ2v) is 4.70. The summed E-state index contributed by atoms with van der Waals surface area (Å²) in [5, 5.41) is 15.1. The van der Waals surface area contributed by atoms with Gasteiger partial charge in [-0.05, 0) is 18.8 Å². The van der Waals surface area contributed by atoms with Crippen molar-refractivity contribution in [1.29, 1.82) is 0 Å². The summed E-state index contributed by atoms with van der Waals surface area (Å²) < 4.78 is 0. The molecule has 0 aromatic carbocycles. The summed E-state index contributed by atoms with van der Waals surface area (Å²) in [6.45, 7) is 5.06. The summed E-state index contributed by atoms with van der Waals surface area (Å²) in [5.41, 5.74) is 5.53. The molecule has 1 aliphatic carbocycles.